The first-order chi connectivity index (χ1) is 31.7. The highest BCUT2D eigenvalue weighted by Gasteiger charge is 2.25. The van der Waals surface area contributed by atoms with E-state index < -0.39 is 0 Å². The topological polar surface area (TPSA) is 21.1 Å². The second kappa shape index (κ2) is 15.7. The summed E-state index contributed by atoms with van der Waals surface area (Å²) in [4.78, 5) is 7.98. The Morgan fingerprint density at radius 3 is 1.59 bits per heavy atom. The van der Waals surface area contributed by atoms with Crippen LogP contribution in [0.25, 0.3) is 93.8 Å². The van der Waals surface area contributed by atoms with Gasteiger partial charge in [0.1, 0.15) is 0 Å². The predicted octanol–water partition coefficient (Wildman–Crippen LogP) is 16.6. The largest absolute Gasteiger partial charge is 0.310 e. The van der Waals surface area contributed by atoms with E-state index in [1.807, 2.05) is 0 Å². The van der Waals surface area contributed by atoms with E-state index in [0.717, 1.165) is 72.5 Å². The van der Waals surface area contributed by atoms with Crippen molar-refractivity contribution in [3.8, 4) is 50.3 Å². The summed E-state index contributed by atoms with van der Waals surface area (Å²) in [6.45, 7) is 0. The van der Waals surface area contributed by atoms with Gasteiger partial charge in [-0.2, -0.15) is 0 Å². The van der Waals surface area contributed by atoms with Gasteiger partial charge in [0.15, 0.2) is 0 Å². The zero-order valence-corrected chi connectivity index (χ0v) is 35.0. The normalized spacial score (nSPS) is 11.4. The molecule has 0 atom stereocenters. The van der Waals surface area contributed by atoms with Gasteiger partial charge in [0.25, 0.3) is 0 Å². The molecule has 64 heavy (non-hydrogen) atoms. The van der Waals surface area contributed by atoms with Crippen LogP contribution >= 0.6 is 0 Å². The third-order valence-corrected chi connectivity index (χ3v) is 12.5. The molecule has 0 unspecified atom stereocenters. The van der Waals surface area contributed by atoms with Gasteiger partial charge in [0, 0.05) is 44.3 Å². The highest BCUT2D eigenvalue weighted by Crippen LogP contribution is 2.48. The van der Waals surface area contributed by atoms with Gasteiger partial charge in [-0.05, 0) is 105 Å². The van der Waals surface area contributed by atoms with Gasteiger partial charge < -0.3 is 9.47 Å². The lowest BCUT2D eigenvalue weighted by atomic mass is 9.95. The number of pyridine rings is 1. The first-order valence-electron chi connectivity index (χ1n) is 21.9. The van der Waals surface area contributed by atoms with Crippen molar-refractivity contribution in [3.05, 3.63) is 249 Å². The van der Waals surface area contributed by atoms with E-state index in [2.05, 4.69) is 258 Å². The summed E-state index contributed by atoms with van der Waals surface area (Å²) in [5.41, 5.74) is 16.4. The van der Waals surface area contributed by atoms with Crippen LogP contribution < -0.4 is 4.90 Å². The van der Waals surface area contributed by atoms with Crippen LogP contribution in [0.15, 0.2) is 249 Å². The third-order valence-electron chi connectivity index (χ3n) is 12.5. The quantitative estimate of drug-likeness (QED) is 0.152. The average Bonchev–Trinajstić information content (AvgIpc) is 3.71. The molecule has 10 aromatic carbocycles. The molecule has 300 valence electrons. The minimum absolute atomic E-state index is 0.933. The molecular formula is C61H41N3. The van der Waals surface area contributed by atoms with Crippen LogP contribution in [0.2, 0.25) is 0 Å². The van der Waals surface area contributed by atoms with E-state index in [-0.39, 0.29) is 0 Å². The SMILES string of the molecule is c1ccc(-c2ccc(N(c3ccc4ccccc4c3)c3cc(-c4nc5ccccc5cc4-c4ccccc4)cc4c3c3ccccc3n4-c3ccc(-c4ccccc4)cc3)cc2)cc1. The van der Waals surface area contributed by atoms with Crippen molar-refractivity contribution in [1.82, 2.24) is 9.55 Å². The number of para-hydroxylation sites is 2. The van der Waals surface area contributed by atoms with Crippen LogP contribution in [-0.2, 0) is 0 Å². The van der Waals surface area contributed by atoms with Crippen LogP contribution in [-0.4, -0.2) is 9.55 Å². The van der Waals surface area contributed by atoms with Gasteiger partial charge in [-0.3, -0.25) is 0 Å². The van der Waals surface area contributed by atoms with Crippen molar-refractivity contribution in [3.63, 3.8) is 0 Å². The second-order valence-corrected chi connectivity index (χ2v) is 16.4. The van der Waals surface area contributed by atoms with Crippen LogP contribution in [0.5, 0.6) is 0 Å². The van der Waals surface area contributed by atoms with Gasteiger partial charge in [-0.1, -0.05) is 182 Å². The molecule has 0 bridgehead atoms. The molecular weight excluding hydrogens is 775 g/mol. The third kappa shape index (κ3) is 6.59. The Balaban J connectivity index is 1.18. The molecule has 0 radical (unpaired) electrons. The molecule has 3 nitrogen and oxygen atoms in total. The molecule has 0 saturated carbocycles. The maximum absolute atomic E-state index is 5.53. The first kappa shape index (κ1) is 37.2. The fourth-order valence-corrected chi connectivity index (χ4v) is 9.45. The average molecular weight is 816 g/mol. The summed E-state index contributed by atoms with van der Waals surface area (Å²) >= 11 is 0. The van der Waals surface area contributed by atoms with Crippen molar-refractivity contribution < 1.29 is 0 Å². The molecule has 3 heteroatoms. The number of anilines is 3. The van der Waals surface area contributed by atoms with E-state index in [1.165, 1.54) is 38.4 Å². The van der Waals surface area contributed by atoms with Gasteiger partial charge in [0.05, 0.1) is 27.9 Å². The summed E-state index contributed by atoms with van der Waals surface area (Å²) < 4.78 is 2.44. The summed E-state index contributed by atoms with van der Waals surface area (Å²) in [7, 11) is 0. The summed E-state index contributed by atoms with van der Waals surface area (Å²) in [6, 6.07) is 89.7. The zero-order valence-electron chi connectivity index (χ0n) is 35.0. The van der Waals surface area contributed by atoms with Crippen LogP contribution in [0.1, 0.15) is 0 Å². The number of benzene rings is 10. The van der Waals surface area contributed by atoms with E-state index in [0.29, 0.717) is 0 Å². The fraction of sp³-hybridized carbons (Fsp3) is 0. The number of hydrogen-bond donors (Lipinski definition) is 0. The predicted molar refractivity (Wildman–Crippen MR) is 270 cm³/mol. The molecule has 2 aromatic heterocycles. The molecule has 12 aromatic rings. The number of fused-ring (bicyclic) bond motifs is 5. The van der Waals surface area contributed by atoms with Gasteiger partial charge in [-0.15, -0.1) is 0 Å². The Kier molecular flexibility index (Phi) is 9.16. The van der Waals surface area contributed by atoms with Crippen molar-refractivity contribution in [2.24, 2.45) is 0 Å². The molecule has 0 spiro atoms. The van der Waals surface area contributed by atoms with E-state index in [9.17, 15) is 0 Å². The smallest absolute Gasteiger partial charge is 0.0789 e. The lowest BCUT2D eigenvalue weighted by Gasteiger charge is -2.28. The molecule has 0 aliphatic heterocycles. The molecule has 0 aliphatic carbocycles. The maximum atomic E-state index is 5.53. The van der Waals surface area contributed by atoms with E-state index >= 15 is 0 Å². The van der Waals surface area contributed by atoms with Crippen molar-refractivity contribution in [2.45, 2.75) is 0 Å². The minimum Gasteiger partial charge on any atom is -0.310 e. The monoisotopic (exact) mass is 815 g/mol. The summed E-state index contributed by atoms with van der Waals surface area (Å²) in [5, 5.41) is 5.83. The molecule has 0 aliphatic rings. The van der Waals surface area contributed by atoms with Crippen molar-refractivity contribution in [1.29, 1.82) is 0 Å². The standard InChI is InChI=1S/C61H41N3/c1-4-16-42(17-5-1)45-28-33-51(34-29-45)63(53-37-32-44-20-10-11-23-48(44)38-53)58-40-50(61-55(47-21-8-3-9-22-47)39-49-24-12-14-26-56(49)62-61)41-59-60(58)54-25-13-15-27-57(54)64(59)52-35-30-46(31-36-52)43-18-6-2-7-19-43/h1-41H. The first-order valence-corrected chi connectivity index (χ1v) is 21.9. The molecule has 0 N–H and O–H groups in total. The second-order valence-electron chi connectivity index (χ2n) is 16.4. The van der Waals surface area contributed by atoms with Crippen LogP contribution in [0, 0.1) is 0 Å². The zero-order chi connectivity index (χ0) is 42.4. The highest BCUT2D eigenvalue weighted by atomic mass is 15.1. The van der Waals surface area contributed by atoms with E-state index in [4.69, 9.17) is 4.98 Å². The fourth-order valence-electron chi connectivity index (χ4n) is 9.45. The maximum Gasteiger partial charge on any atom is 0.0789 e. The Morgan fingerprint density at radius 2 is 0.891 bits per heavy atom. The Labute approximate surface area is 372 Å². The molecule has 0 saturated heterocycles. The molecule has 0 fully saturated rings. The van der Waals surface area contributed by atoms with Crippen molar-refractivity contribution in [2.75, 3.05) is 4.90 Å². The van der Waals surface area contributed by atoms with Gasteiger partial charge >= 0.3 is 0 Å². The van der Waals surface area contributed by atoms with Crippen LogP contribution in [0.4, 0.5) is 17.1 Å². The van der Waals surface area contributed by atoms with Crippen LogP contribution in [0.3, 0.4) is 0 Å². The molecule has 12 rings (SSSR count). The summed E-state index contributed by atoms with van der Waals surface area (Å²) in [6.07, 6.45) is 0. The van der Waals surface area contributed by atoms with Gasteiger partial charge in [-0.25, -0.2) is 4.98 Å². The number of nitrogens with zero attached hydrogens (tertiary/aromatic N) is 3. The Hall–Kier alpha value is -8.53. The minimum atomic E-state index is 0.933. The van der Waals surface area contributed by atoms with Crippen molar-refractivity contribution >= 4 is 60.5 Å². The number of hydrogen-bond acceptors (Lipinski definition) is 2. The lowest BCUT2D eigenvalue weighted by Crippen LogP contribution is -2.11. The number of rotatable bonds is 8. The molecule has 2 heterocycles. The Morgan fingerprint density at radius 1 is 0.344 bits per heavy atom. The number of aromatic nitrogens is 2. The van der Waals surface area contributed by atoms with E-state index in [1.54, 1.807) is 0 Å². The molecule has 0 amide bonds. The Bertz CT molecular complexity index is 3630. The lowest BCUT2D eigenvalue weighted by molar-refractivity contribution is 1.18. The summed E-state index contributed by atoms with van der Waals surface area (Å²) in [5.74, 6) is 0. The highest BCUT2D eigenvalue weighted by molar-refractivity contribution is 6.18. The van der Waals surface area contributed by atoms with Gasteiger partial charge in [0.2, 0.25) is 0 Å².